The zero-order valence-electron chi connectivity index (χ0n) is 21.4. The van der Waals surface area contributed by atoms with Gasteiger partial charge in [0, 0.05) is 30.6 Å². The molecule has 12 heteroatoms. The van der Waals surface area contributed by atoms with Gasteiger partial charge >= 0.3 is 0 Å². The molecule has 10 nitrogen and oxygen atoms in total. The number of rotatable bonds is 4. The van der Waals surface area contributed by atoms with Gasteiger partial charge in [-0.25, -0.2) is 23.1 Å². The number of carbonyl (C=O) groups is 1. The summed E-state index contributed by atoms with van der Waals surface area (Å²) in [5.74, 6) is 0.966. The lowest BCUT2D eigenvalue weighted by Crippen LogP contribution is -2.66. The minimum Gasteiger partial charge on any atom is -0.349 e. The first kappa shape index (κ1) is 25.1. The maximum absolute atomic E-state index is 13.4. The molecule has 2 aromatic heterocycles. The molecular weight excluding hydrogens is 526 g/mol. The molecule has 198 valence electrons. The van der Waals surface area contributed by atoms with Crippen LogP contribution in [0.4, 0.5) is 5.82 Å². The largest absolute Gasteiger partial charge is 0.349 e. The number of carbonyl (C=O) groups excluding carboxylic acids is 1. The van der Waals surface area contributed by atoms with Gasteiger partial charge in [0.15, 0.2) is 15.5 Å². The smallest absolute Gasteiger partial charge is 0.244 e. The number of aromatic nitrogens is 4. The van der Waals surface area contributed by atoms with E-state index in [4.69, 9.17) is 16.6 Å². The zero-order chi connectivity index (χ0) is 27.0. The lowest BCUT2D eigenvalue weighted by molar-refractivity contribution is -0.137. The molecule has 38 heavy (non-hydrogen) atoms. The van der Waals surface area contributed by atoms with Crippen molar-refractivity contribution in [3.63, 3.8) is 0 Å². The van der Waals surface area contributed by atoms with Crippen LogP contribution in [-0.2, 0) is 14.6 Å². The molecule has 3 aliphatic rings. The minimum absolute atomic E-state index is 0.0651. The van der Waals surface area contributed by atoms with Gasteiger partial charge in [-0.15, -0.1) is 0 Å². The van der Waals surface area contributed by atoms with Crippen molar-refractivity contribution in [3.05, 3.63) is 40.9 Å². The van der Waals surface area contributed by atoms with Crippen molar-refractivity contribution in [3.8, 4) is 11.8 Å². The van der Waals surface area contributed by atoms with Gasteiger partial charge < -0.3 is 9.80 Å². The van der Waals surface area contributed by atoms with E-state index in [-0.39, 0.29) is 34.5 Å². The van der Waals surface area contributed by atoms with E-state index < -0.39 is 14.6 Å². The Balaban J connectivity index is 1.41. The highest BCUT2D eigenvalue weighted by atomic mass is 35.5. The van der Waals surface area contributed by atoms with Gasteiger partial charge in [0.2, 0.25) is 5.91 Å². The summed E-state index contributed by atoms with van der Waals surface area (Å²) in [7, 11) is -3.41. The maximum atomic E-state index is 13.4. The summed E-state index contributed by atoms with van der Waals surface area (Å²) in [4.78, 5) is 26.7. The molecule has 0 unspecified atom stereocenters. The first-order valence-corrected chi connectivity index (χ1v) is 14.8. The van der Waals surface area contributed by atoms with E-state index in [2.05, 4.69) is 21.0 Å². The zero-order valence-corrected chi connectivity index (χ0v) is 23.0. The molecule has 1 aliphatic carbocycles. The molecule has 3 aromatic rings. The van der Waals surface area contributed by atoms with E-state index in [0.29, 0.717) is 31.1 Å². The normalized spacial score (nSPS) is 26.7. The van der Waals surface area contributed by atoms with Gasteiger partial charge in [0.25, 0.3) is 0 Å². The van der Waals surface area contributed by atoms with Crippen LogP contribution in [0.2, 0.25) is 5.02 Å². The third-order valence-electron chi connectivity index (χ3n) is 8.32. The Morgan fingerprint density at radius 3 is 2.55 bits per heavy atom. The average Bonchev–Trinajstić information content (AvgIpc) is 3.68. The van der Waals surface area contributed by atoms with Crippen LogP contribution in [0.15, 0.2) is 24.7 Å². The Labute approximate surface area is 226 Å². The van der Waals surface area contributed by atoms with Crippen LogP contribution in [-0.4, -0.2) is 74.6 Å². The average molecular weight is 554 g/mol. The fraction of sp³-hybridized carbons (Fsp3) is 0.500. The van der Waals surface area contributed by atoms with Gasteiger partial charge in [-0.05, 0) is 57.6 Å². The van der Waals surface area contributed by atoms with Gasteiger partial charge in [0.1, 0.15) is 28.5 Å². The predicted octanol–water partition coefficient (Wildman–Crippen LogP) is 3.22. The van der Waals surface area contributed by atoms with Crippen molar-refractivity contribution in [2.24, 2.45) is 0 Å². The van der Waals surface area contributed by atoms with E-state index in [0.717, 1.165) is 29.6 Å². The topological polar surface area (TPSA) is 125 Å². The van der Waals surface area contributed by atoms with Crippen molar-refractivity contribution in [1.82, 2.24) is 24.6 Å². The maximum Gasteiger partial charge on any atom is 0.244 e. The molecular formula is C26H28ClN7O3S. The second kappa shape index (κ2) is 8.64. The number of piperazine rings is 1. The SMILES string of the molecule is C[C@@H]1CN(c2ncnc3c(-n4cc(Cl)c(C#N)n4)ccc(C4CC4)c23)[C@@H](C)CN1C(=O)[C@]1(C)CCS1(=O)=O. The second-order valence-electron chi connectivity index (χ2n) is 10.9. The second-order valence-corrected chi connectivity index (χ2v) is 13.8. The molecule has 3 fully saturated rings. The van der Waals surface area contributed by atoms with Crippen molar-refractivity contribution in [2.75, 3.05) is 23.7 Å². The molecule has 3 atom stereocenters. The van der Waals surface area contributed by atoms with Crippen molar-refractivity contribution in [2.45, 2.75) is 62.8 Å². The molecule has 0 N–H and O–H groups in total. The number of sulfone groups is 1. The summed E-state index contributed by atoms with van der Waals surface area (Å²) in [5.41, 5.74) is 2.74. The fourth-order valence-corrected chi connectivity index (χ4v) is 7.39. The van der Waals surface area contributed by atoms with E-state index in [1.165, 1.54) is 11.9 Å². The summed E-state index contributed by atoms with van der Waals surface area (Å²) in [6.07, 6.45) is 5.69. The van der Waals surface area contributed by atoms with E-state index in [1.807, 2.05) is 26.0 Å². The molecule has 1 saturated carbocycles. The quantitative estimate of drug-likeness (QED) is 0.482. The lowest BCUT2D eigenvalue weighted by atomic mass is 9.99. The monoisotopic (exact) mass is 553 g/mol. The Bertz CT molecular complexity index is 1630. The Morgan fingerprint density at radius 2 is 1.95 bits per heavy atom. The summed E-state index contributed by atoms with van der Waals surface area (Å²) in [6, 6.07) is 5.75. The minimum atomic E-state index is -3.41. The van der Waals surface area contributed by atoms with E-state index in [9.17, 15) is 18.5 Å². The van der Waals surface area contributed by atoms with Crippen LogP contribution < -0.4 is 4.90 Å². The number of halogens is 1. The van der Waals surface area contributed by atoms with E-state index >= 15 is 0 Å². The van der Waals surface area contributed by atoms with Gasteiger partial charge in [-0.3, -0.25) is 4.79 Å². The standard InChI is InChI=1S/C26H28ClN7O3S/c1-15-12-33(25(35)26(3)8-9-38(26,36)37)16(2)11-32(15)24-22-18(17-4-5-17)6-7-21(23(22)29-14-30-24)34-13-19(27)20(10-28)31-34/h6-7,13-17H,4-5,8-9,11-12H2,1-3H3/t15-,16+,26-/m0/s1. The highest BCUT2D eigenvalue weighted by Gasteiger charge is 2.56. The number of hydrogen-bond donors (Lipinski definition) is 0. The Hall–Kier alpha value is -3.23. The molecule has 2 saturated heterocycles. The molecule has 1 aromatic carbocycles. The molecule has 1 amide bonds. The van der Waals surface area contributed by atoms with Crippen molar-refractivity contribution < 1.29 is 13.2 Å². The summed E-state index contributed by atoms with van der Waals surface area (Å²) in [6.45, 7) is 6.45. The molecule has 4 heterocycles. The molecule has 6 rings (SSSR count). The number of nitrogens with zero attached hydrogens (tertiary/aromatic N) is 7. The van der Waals surface area contributed by atoms with Crippen LogP contribution in [0.1, 0.15) is 57.2 Å². The third-order valence-corrected chi connectivity index (χ3v) is 11.1. The summed E-state index contributed by atoms with van der Waals surface area (Å²) < 4.78 is 25.1. The molecule has 2 aliphatic heterocycles. The Morgan fingerprint density at radius 1 is 1.18 bits per heavy atom. The third kappa shape index (κ3) is 3.68. The van der Waals surface area contributed by atoms with Gasteiger partial charge in [0.05, 0.1) is 22.7 Å². The van der Waals surface area contributed by atoms with Gasteiger partial charge in [-0.2, -0.15) is 10.4 Å². The number of anilines is 1. The summed E-state index contributed by atoms with van der Waals surface area (Å²) in [5, 5.41) is 14.9. The van der Waals surface area contributed by atoms with Crippen molar-refractivity contribution >= 4 is 44.1 Å². The van der Waals surface area contributed by atoms with Crippen molar-refractivity contribution in [1.29, 1.82) is 5.26 Å². The number of benzene rings is 1. The number of nitriles is 1. The van der Waals surface area contributed by atoms with Crippen LogP contribution in [0, 0.1) is 11.3 Å². The molecule has 0 radical (unpaired) electrons. The van der Waals surface area contributed by atoms with Crippen LogP contribution in [0.5, 0.6) is 0 Å². The number of fused-ring (bicyclic) bond motifs is 1. The van der Waals surface area contributed by atoms with Crippen LogP contribution in [0.3, 0.4) is 0 Å². The fourth-order valence-electron chi connectivity index (χ4n) is 5.68. The molecule has 0 bridgehead atoms. The first-order valence-electron chi connectivity index (χ1n) is 12.8. The van der Waals surface area contributed by atoms with E-state index in [1.54, 1.807) is 22.7 Å². The first-order chi connectivity index (χ1) is 18.1. The number of hydrogen-bond acceptors (Lipinski definition) is 8. The number of amides is 1. The Kier molecular flexibility index (Phi) is 5.70. The highest BCUT2D eigenvalue weighted by molar-refractivity contribution is 7.95. The van der Waals surface area contributed by atoms with Gasteiger partial charge in [-0.1, -0.05) is 17.7 Å². The summed E-state index contributed by atoms with van der Waals surface area (Å²) >= 11 is 6.21. The molecule has 0 spiro atoms. The van der Waals surface area contributed by atoms with Crippen LogP contribution in [0.25, 0.3) is 16.6 Å². The van der Waals surface area contributed by atoms with Crippen LogP contribution >= 0.6 is 11.6 Å². The highest BCUT2D eigenvalue weighted by Crippen LogP contribution is 2.46. The lowest BCUT2D eigenvalue weighted by Gasteiger charge is -2.48. The predicted molar refractivity (Wildman–Crippen MR) is 143 cm³/mol.